The summed E-state index contributed by atoms with van der Waals surface area (Å²) in [6, 6.07) is -1.81. The number of rotatable bonds is 2. The molecule has 1 aromatic rings. The molecule has 0 amide bonds. The Morgan fingerprint density at radius 3 is 2.38 bits per heavy atom. The van der Waals surface area contributed by atoms with E-state index in [2.05, 4.69) is 15.9 Å². The summed E-state index contributed by atoms with van der Waals surface area (Å²) in [7, 11) is 0. The zero-order valence-corrected chi connectivity index (χ0v) is 8.63. The van der Waals surface area contributed by atoms with Gasteiger partial charge in [-0.1, -0.05) is 0 Å². The third-order valence-electron chi connectivity index (χ3n) is 1.45. The lowest BCUT2D eigenvalue weighted by molar-refractivity contribution is -0.157. The SMILES string of the molecule is NNC(c1cscc1Br)C(F)(F)F. The highest BCUT2D eigenvalue weighted by Crippen LogP contribution is 2.37. The molecule has 1 rings (SSSR count). The van der Waals surface area contributed by atoms with Crippen LogP contribution in [0.3, 0.4) is 0 Å². The van der Waals surface area contributed by atoms with Crippen molar-refractivity contribution >= 4 is 27.3 Å². The van der Waals surface area contributed by atoms with E-state index in [1.807, 2.05) is 0 Å². The first kappa shape index (κ1) is 11.0. The molecule has 0 aliphatic carbocycles. The Morgan fingerprint density at radius 2 is 2.08 bits per heavy atom. The van der Waals surface area contributed by atoms with E-state index in [9.17, 15) is 13.2 Å². The van der Waals surface area contributed by atoms with E-state index in [1.165, 1.54) is 16.7 Å². The van der Waals surface area contributed by atoms with E-state index in [4.69, 9.17) is 5.84 Å². The zero-order valence-electron chi connectivity index (χ0n) is 6.23. The minimum atomic E-state index is -4.38. The Balaban J connectivity index is 2.98. The molecule has 1 heterocycles. The van der Waals surface area contributed by atoms with Crippen LogP contribution in [0.5, 0.6) is 0 Å². The van der Waals surface area contributed by atoms with Crippen LogP contribution >= 0.6 is 27.3 Å². The number of hydrazine groups is 1. The zero-order chi connectivity index (χ0) is 10.1. The highest BCUT2D eigenvalue weighted by atomic mass is 79.9. The lowest BCUT2D eigenvalue weighted by Gasteiger charge is -2.18. The summed E-state index contributed by atoms with van der Waals surface area (Å²) < 4.78 is 37.3. The standard InChI is InChI=1S/C6H6BrF3N2S/c7-4-2-13-1-3(4)5(12-11)6(8,9)10/h1-2,5,12H,11H2. The average Bonchev–Trinajstić information content (AvgIpc) is 2.35. The summed E-state index contributed by atoms with van der Waals surface area (Å²) >= 11 is 4.20. The van der Waals surface area contributed by atoms with Gasteiger partial charge in [0.25, 0.3) is 0 Å². The van der Waals surface area contributed by atoms with E-state index in [0.717, 1.165) is 0 Å². The van der Waals surface area contributed by atoms with Crippen molar-refractivity contribution in [1.82, 2.24) is 5.43 Å². The summed E-state index contributed by atoms with van der Waals surface area (Å²) in [5.41, 5.74) is 1.85. The predicted octanol–water partition coefficient (Wildman–Crippen LogP) is 2.58. The van der Waals surface area contributed by atoms with Crippen molar-refractivity contribution in [2.45, 2.75) is 12.2 Å². The molecule has 0 bridgehead atoms. The van der Waals surface area contributed by atoms with Gasteiger partial charge >= 0.3 is 6.18 Å². The van der Waals surface area contributed by atoms with Crippen LogP contribution in [0.25, 0.3) is 0 Å². The van der Waals surface area contributed by atoms with Gasteiger partial charge in [0.05, 0.1) is 0 Å². The van der Waals surface area contributed by atoms with Crippen LogP contribution in [0.4, 0.5) is 13.2 Å². The first-order valence-corrected chi connectivity index (χ1v) is 4.95. The normalized spacial score (nSPS) is 14.5. The fourth-order valence-electron chi connectivity index (χ4n) is 0.858. The van der Waals surface area contributed by atoms with Crippen LogP contribution in [-0.2, 0) is 0 Å². The highest BCUT2D eigenvalue weighted by molar-refractivity contribution is 9.10. The molecule has 0 aromatic carbocycles. The van der Waals surface area contributed by atoms with Crippen molar-refractivity contribution in [2.75, 3.05) is 0 Å². The molecule has 0 saturated carbocycles. The Hall–Kier alpha value is -0.110. The van der Waals surface area contributed by atoms with Crippen LogP contribution in [-0.4, -0.2) is 6.18 Å². The number of nitrogens with one attached hydrogen (secondary N) is 1. The molecule has 7 heteroatoms. The Kier molecular flexibility index (Phi) is 3.33. The van der Waals surface area contributed by atoms with Gasteiger partial charge in [-0.05, 0) is 21.3 Å². The van der Waals surface area contributed by atoms with Gasteiger partial charge < -0.3 is 0 Å². The molecule has 0 spiro atoms. The number of thiophene rings is 1. The lowest BCUT2D eigenvalue weighted by Crippen LogP contribution is -2.38. The highest BCUT2D eigenvalue weighted by Gasteiger charge is 2.41. The predicted molar refractivity (Wildman–Crippen MR) is 48.1 cm³/mol. The topological polar surface area (TPSA) is 38.0 Å². The monoisotopic (exact) mass is 274 g/mol. The number of hydrogen-bond acceptors (Lipinski definition) is 3. The Labute approximate surface area is 85.0 Å². The first-order valence-electron chi connectivity index (χ1n) is 3.21. The number of nitrogens with two attached hydrogens (primary N) is 1. The largest absolute Gasteiger partial charge is 0.409 e. The minimum Gasteiger partial charge on any atom is -0.271 e. The van der Waals surface area contributed by atoms with Crippen molar-refractivity contribution in [3.63, 3.8) is 0 Å². The third kappa shape index (κ3) is 2.43. The second kappa shape index (κ2) is 3.95. The second-order valence-corrected chi connectivity index (χ2v) is 3.91. The van der Waals surface area contributed by atoms with Crippen molar-refractivity contribution < 1.29 is 13.2 Å². The van der Waals surface area contributed by atoms with Gasteiger partial charge in [-0.15, -0.1) is 0 Å². The van der Waals surface area contributed by atoms with E-state index in [0.29, 0.717) is 4.47 Å². The minimum absolute atomic E-state index is 0.111. The Morgan fingerprint density at radius 1 is 1.46 bits per heavy atom. The van der Waals surface area contributed by atoms with Crippen LogP contribution in [0.2, 0.25) is 0 Å². The van der Waals surface area contributed by atoms with E-state index in [-0.39, 0.29) is 5.56 Å². The summed E-state index contributed by atoms with van der Waals surface area (Å²) in [4.78, 5) is 0. The van der Waals surface area contributed by atoms with Crippen LogP contribution in [0, 0.1) is 0 Å². The molecular weight excluding hydrogens is 269 g/mol. The van der Waals surface area contributed by atoms with Crippen molar-refractivity contribution in [1.29, 1.82) is 0 Å². The maximum absolute atomic E-state index is 12.3. The van der Waals surface area contributed by atoms with Gasteiger partial charge in [0.1, 0.15) is 6.04 Å². The molecule has 13 heavy (non-hydrogen) atoms. The molecular formula is C6H6BrF3N2S. The third-order valence-corrected chi connectivity index (χ3v) is 3.20. The molecule has 0 saturated heterocycles. The number of alkyl halides is 3. The first-order chi connectivity index (χ1) is 5.96. The number of hydrogen-bond donors (Lipinski definition) is 2. The van der Waals surface area contributed by atoms with Crippen LogP contribution in [0.15, 0.2) is 15.2 Å². The van der Waals surface area contributed by atoms with Gasteiger partial charge in [-0.25, -0.2) is 5.43 Å². The molecule has 74 valence electrons. The van der Waals surface area contributed by atoms with Crippen molar-refractivity contribution in [3.8, 4) is 0 Å². The average molecular weight is 275 g/mol. The molecule has 1 atom stereocenters. The van der Waals surface area contributed by atoms with E-state index in [1.54, 1.807) is 10.8 Å². The van der Waals surface area contributed by atoms with E-state index >= 15 is 0 Å². The fourth-order valence-corrected chi connectivity index (χ4v) is 2.41. The maximum Gasteiger partial charge on any atom is 0.409 e. The van der Waals surface area contributed by atoms with Crippen molar-refractivity contribution in [2.24, 2.45) is 5.84 Å². The smallest absolute Gasteiger partial charge is 0.271 e. The number of halogens is 4. The van der Waals surface area contributed by atoms with Crippen molar-refractivity contribution in [3.05, 3.63) is 20.8 Å². The molecule has 1 aromatic heterocycles. The molecule has 0 fully saturated rings. The summed E-state index contributed by atoms with van der Waals surface area (Å²) in [5.74, 6) is 4.83. The van der Waals surface area contributed by atoms with Crippen LogP contribution < -0.4 is 11.3 Å². The van der Waals surface area contributed by atoms with E-state index < -0.39 is 12.2 Å². The second-order valence-electron chi connectivity index (χ2n) is 2.32. The fraction of sp³-hybridized carbons (Fsp3) is 0.333. The Bertz CT molecular complexity index is 286. The summed E-state index contributed by atoms with van der Waals surface area (Å²) in [5, 5.41) is 2.98. The van der Waals surface area contributed by atoms with Crippen LogP contribution in [0.1, 0.15) is 11.6 Å². The summed E-state index contributed by atoms with van der Waals surface area (Å²) in [6.45, 7) is 0. The van der Waals surface area contributed by atoms with Gasteiger partial charge in [-0.3, -0.25) is 5.84 Å². The molecule has 1 unspecified atom stereocenters. The van der Waals surface area contributed by atoms with Gasteiger partial charge in [-0.2, -0.15) is 24.5 Å². The lowest BCUT2D eigenvalue weighted by atomic mass is 10.1. The van der Waals surface area contributed by atoms with Gasteiger partial charge in [0.15, 0.2) is 0 Å². The maximum atomic E-state index is 12.3. The summed E-state index contributed by atoms with van der Waals surface area (Å²) in [6.07, 6.45) is -4.38. The molecule has 0 radical (unpaired) electrons. The molecule has 0 aliphatic rings. The molecule has 2 nitrogen and oxygen atoms in total. The quantitative estimate of drug-likeness (QED) is 0.643. The van der Waals surface area contributed by atoms with Gasteiger partial charge in [0.2, 0.25) is 0 Å². The molecule has 3 N–H and O–H groups in total. The molecule has 0 aliphatic heterocycles. The van der Waals surface area contributed by atoms with Gasteiger partial charge in [0, 0.05) is 15.4 Å².